The summed E-state index contributed by atoms with van der Waals surface area (Å²) in [6.45, 7) is 0.254. The fraction of sp³-hybridized carbons (Fsp3) is 0.462. The Morgan fingerprint density at radius 2 is 2.00 bits per heavy atom. The minimum atomic E-state index is -3.31. The third-order valence-electron chi connectivity index (χ3n) is 3.71. The number of hydrogen-bond acceptors (Lipinski definition) is 3. The number of anilines is 1. The van der Waals surface area contributed by atoms with Gasteiger partial charge in [-0.2, -0.15) is 0 Å². The number of hydrogen-bond donors (Lipinski definition) is 1. The third-order valence-corrected chi connectivity index (χ3v) is 5.98. The maximum absolute atomic E-state index is 12.4. The highest BCUT2D eigenvalue weighted by Gasteiger charge is 2.44. The largest absolute Gasteiger partial charge is 0.481 e. The quantitative estimate of drug-likeness (QED) is 0.908. The predicted octanol–water partition coefficient (Wildman–Crippen LogP) is 1.56. The van der Waals surface area contributed by atoms with Crippen LogP contribution in [0.3, 0.4) is 0 Å². The SMILES string of the molecule is O=C(O)CC1CN(S(=O)(=O)C2CC2)c2ccccc21. The minimum Gasteiger partial charge on any atom is -0.481 e. The van der Waals surface area contributed by atoms with Gasteiger partial charge in [0.1, 0.15) is 0 Å². The van der Waals surface area contributed by atoms with E-state index >= 15 is 0 Å². The van der Waals surface area contributed by atoms with Crippen molar-refractivity contribution in [3.8, 4) is 0 Å². The van der Waals surface area contributed by atoms with Gasteiger partial charge in [-0.3, -0.25) is 9.10 Å². The summed E-state index contributed by atoms with van der Waals surface area (Å²) in [6, 6.07) is 7.20. The Morgan fingerprint density at radius 1 is 1.32 bits per heavy atom. The van der Waals surface area contributed by atoms with Crippen LogP contribution in [0, 0.1) is 0 Å². The lowest BCUT2D eigenvalue weighted by atomic mass is 9.98. The van der Waals surface area contributed by atoms with Crippen molar-refractivity contribution < 1.29 is 18.3 Å². The Labute approximate surface area is 111 Å². The maximum Gasteiger partial charge on any atom is 0.304 e. The number of aliphatic carboxylic acids is 1. The van der Waals surface area contributed by atoms with Crippen LogP contribution < -0.4 is 4.31 Å². The smallest absolute Gasteiger partial charge is 0.304 e. The molecule has 2 aliphatic rings. The molecular weight excluding hydrogens is 266 g/mol. The average molecular weight is 281 g/mol. The van der Waals surface area contributed by atoms with Crippen LogP contribution in [-0.4, -0.2) is 31.3 Å². The number of fused-ring (bicyclic) bond motifs is 1. The number of sulfonamides is 1. The average Bonchev–Trinajstić information content (AvgIpc) is 3.14. The van der Waals surface area contributed by atoms with Gasteiger partial charge in [-0.25, -0.2) is 8.42 Å². The summed E-state index contributed by atoms with van der Waals surface area (Å²) >= 11 is 0. The molecule has 6 heteroatoms. The van der Waals surface area contributed by atoms with Gasteiger partial charge in [-0.1, -0.05) is 18.2 Å². The number of benzene rings is 1. The van der Waals surface area contributed by atoms with Crippen LogP contribution in [0.1, 0.15) is 30.7 Å². The second-order valence-corrected chi connectivity index (χ2v) is 7.27. The van der Waals surface area contributed by atoms with Crippen molar-refractivity contribution in [1.29, 1.82) is 0 Å². The molecule has 1 N–H and O–H groups in total. The third kappa shape index (κ3) is 2.10. The van der Waals surface area contributed by atoms with Crippen LogP contribution in [0.5, 0.6) is 0 Å². The van der Waals surface area contributed by atoms with Crippen LogP contribution in [0.15, 0.2) is 24.3 Å². The molecule has 3 rings (SSSR count). The van der Waals surface area contributed by atoms with E-state index in [0.717, 1.165) is 5.56 Å². The summed E-state index contributed by atoms with van der Waals surface area (Å²) in [5.41, 5.74) is 1.48. The molecule has 1 heterocycles. The molecule has 1 aliphatic heterocycles. The van der Waals surface area contributed by atoms with E-state index in [0.29, 0.717) is 18.5 Å². The van der Waals surface area contributed by atoms with Crippen molar-refractivity contribution in [2.45, 2.75) is 30.4 Å². The van der Waals surface area contributed by atoms with Gasteiger partial charge < -0.3 is 5.11 Å². The molecule has 1 saturated carbocycles. The van der Waals surface area contributed by atoms with E-state index in [4.69, 9.17) is 5.11 Å². The molecule has 19 heavy (non-hydrogen) atoms. The molecule has 1 aromatic rings. The summed E-state index contributed by atoms with van der Waals surface area (Å²) in [5, 5.41) is 8.67. The zero-order valence-corrected chi connectivity index (χ0v) is 11.1. The van der Waals surface area contributed by atoms with Gasteiger partial charge in [-0.15, -0.1) is 0 Å². The number of carbonyl (C=O) groups is 1. The first-order chi connectivity index (χ1) is 9.00. The van der Waals surface area contributed by atoms with Gasteiger partial charge in [0.25, 0.3) is 0 Å². The standard InChI is InChI=1S/C13H15NO4S/c15-13(16)7-9-8-14(19(17,18)10-5-6-10)12-4-2-1-3-11(9)12/h1-4,9-10H,5-8H2,(H,15,16). The Hall–Kier alpha value is -1.56. The molecule has 0 radical (unpaired) electrons. The van der Waals surface area contributed by atoms with E-state index in [1.165, 1.54) is 4.31 Å². The Morgan fingerprint density at radius 3 is 2.63 bits per heavy atom. The maximum atomic E-state index is 12.4. The predicted molar refractivity (Wildman–Crippen MR) is 70.7 cm³/mol. The van der Waals surface area contributed by atoms with Crippen LogP contribution >= 0.6 is 0 Å². The Bertz CT molecular complexity index is 621. The summed E-state index contributed by atoms with van der Waals surface area (Å²) in [4.78, 5) is 10.9. The highest BCUT2D eigenvalue weighted by molar-refractivity contribution is 7.93. The van der Waals surface area contributed by atoms with Crippen molar-refractivity contribution in [3.05, 3.63) is 29.8 Å². The van der Waals surface area contributed by atoms with Crippen molar-refractivity contribution in [2.75, 3.05) is 10.8 Å². The summed E-state index contributed by atoms with van der Waals surface area (Å²) in [7, 11) is -3.31. The van der Waals surface area contributed by atoms with Crippen molar-refractivity contribution in [2.24, 2.45) is 0 Å². The molecule has 0 amide bonds. The van der Waals surface area contributed by atoms with Gasteiger partial charge in [0.05, 0.1) is 17.4 Å². The molecule has 0 bridgehead atoms. The molecule has 1 unspecified atom stereocenters. The second kappa shape index (κ2) is 4.23. The topological polar surface area (TPSA) is 74.7 Å². The summed E-state index contributed by atoms with van der Waals surface area (Å²) in [6.07, 6.45) is 1.39. The van der Waals surface area contributed by atoms with E-state index in [1.54, 1.807) is 12.1 Å². The lowest BCUT2D eigenvalue weighted by Crippen LogP contribution is -2.33. The molecule has 1 aromatic carbocycles. The van der Waals surface area contributed by atoms with Gasteiger partial charge >= 0.3 is 5.97 Å². The van der Waals surface area contributed by atoms with E-state index in [-0.39, 0.29) is 24.1 Å². The molecule has 0 saturated heterocycles. The molecule has 1 aliphatic carbocycles. The molecule has 1 fully saturated rings. The van der Waals surface area contributed by atoms with E-state index in [9.17, 15) is 13.2 Å². The Balaban J connectivity index is 1.99. The normalized spacial score (nSPS) is 22.3. The minimum absolute atomic E-state index is 0.0340. The molecule has 5 nitrogen and oxygen atoms in total. The number of rotatable bonds is 4. The molecular formula is C13H15NO4S. The molecule has 1 atom stereocenters. The monoisotopic (exact) mass is 281 g/mol. The van der Waals surface area contributed by atoms with E-state index < -0.39 is 16.0 Å². The summed E-state index contributed by atoms with van der Waals surface area (Å²) < 4.78 is 26.1. The van der Waals surface area contributed by atoms with Gasteiger partial charge in [0.2, 0.25) is 10.0 Å². The Kier molecular flexibility index (Phi) is 2.78. The second-order valence-electron chi connectivity index (χ2n) is 5.13. The van der Waals surface area contributed by atoms with Crippen molar-refractivity contribution >= 4 is 21.7 Å². The number of carboxylic acids is 1. The van der Waals surface area contributed by atoms with Gasteiger partial charge in [-0.05, 0) is 24.5 Å². The fourth-order valence-electron chi connectivity index (χ4n) is 2.63. The highest BCUT2D eigenvalue weighted by Crippen LogP contribution is 2.43. The van der Waals surface area contributed by atoms with E-state index in [2.05, 4.69) is 0 Å². The summed E-state index contributed by atoms with van der Waals surface area (Å²) in [5.74, 6) is -1.15. The first-order valence-corrected chi connectivity index (χ1v) is 7.82. The zero-order valence-electron chi connectivity index (χ0n) is 10.3. The zero-order chi connectivity index (χ0) is 13.6. The van der Waals surface area contributed by atoms with Gasteiger partial charge in [0.15, 0.2) is 0 Å². The van der Waals surface area contributed by atoms with Crippen LogP contribution in [0.25, 0.3) is 0 Å². The van der Waals surface area contributed by atoms with Gasteiger partial charge in [0, 0.05) is 12.5 Å². The first kappa shape index (κ1) is 12.5. The lowest BCUT2D eigenvalue weighted by Gasteiger charge is -2.19. The highest BCUT2D eigenvalue weighted by atomic mass is 32.2. The number of carboxylic acid groups (broad SMARTS) is 1. The van der Waals surface area contributed by atoms with Crippen LogP contribution in [0.4, 0.5) is 5.69 Å². The molecule has 0 spiro atoms. The van der Waals surface area contributed by atoms with Crippen LogP contribution in [0.2, 0.25) is 0 Å². The van der Waals surface area contributed by atoms with Crippen LogP contribution in [-0.2, 0) is 14.8 Å². The molecule has 0 aromatic heterocycles. The van der Waals surface area contributed by atoms with E-state index in [1.807, 2.05) is 12.1 Å². The van der Waals surface area contributed by atoms with Crippen molar-refractivity contribution in [3.63, 3.8) is 0 Å². The molecule has 102 valence electrons. The number of nitrogens with zero attached hydrogens (tertiary/aromatic N) is 1. The lowest BCUT2D eigenvalue weighted by molar-refractivity contribution is -0.137. The van der Waals surface area contributed by atoms with Crippen molar-refractivity contribution in [1.82, 2.24) is 0 Å². The fourth-order valence-corrected chi connectivity index (χ4v) is 4.55. The number of para-hydroxylation sites is 1. The first-order valence-electron chi connectivity index (χ1n) is 6.32.